The summed E-state index contributed by atoms with van der Waals surface area (Å²) >= 11 is 0. The van der Waals surface area contributed by atoms with Crippen LogP contribution in [0.15, 0.2) is 24.3 Å². The van der Waals surface area contributed by atoms with Crippen molar-refractivity contribution in [2.75, 3.05) is 6.61 Å². The smallest absolute Gasteiger partial charge is 0.444 e. The molecule has 1 amide bonds. The fraction of sp³-hybridized carbons (Fsp3) is 0.500. The molecule has 0 heterocycles. The van der Waals surface area contributed by atoms with Crippen LogP contribution in [0.1, 0.15) is 32.1 Å². The Morgan fingerprint density at radius 2 is 1.86 bits per heavy atom. The van der Waals surface area contributed by atoms with Gasteiger partial charge in [0, 0.05) is 6.04 Å². The van der Waals surface area contributed by atoms with E-state index in [1.165, 1.54) is 18.6 Å². The van der Waals surface area contributed by atoms with Crippen molar-refractivity contribution in [3.63, 3.8) is 0 Å². The van der Waals surface area contributed by atoms with E-state index in [0.29, 0.717) is 0 Å². The van der Waals surface area contributed by atoms with Crippen molar-refractivity contribution in [3.8, 4) is 5.75 Å². The van der Waals surface area contributed by atoms with Crippen molar-refractivity contribution < 1.29 is 24.2 Å². The average Bonchev–Trinajstić information content (AvgIpc) is 2.45. The Balaban J connectivity index is 1.89. The number of amides is 1. The molecule has 1 saturated carbocycles. The molecular formula is C14H21NO5P+. The van der Waals surface area contributed by atoms with Crippen LogP contribution in [0.25, 0.3) is 0 Å². The maximum absolute atomic E-state index is 11.8. The standard InChI is InChI=1S/C14H20NO5P/c16-14(15-11-6-2-1-3-7-11)10-20-12-8-4-5-9-13(12)21(17,18)19/h4-5,8-9,11,17-19H,1-3,6-7,10H2/p+1. The Labute approximate surface area is 124 Å². The molecular weight excluding hydrogens is 293 g/mol. The number of carbonyl (C=O) groups excluding carboxylic acids is 1. The Hall–Kier alpha value is -1.20. The third-order valence-corrected chi connectivity index (χ3v) is 4.53. The van der Waals surface area contributed by atoms with Crippen LogP contribution in [-0.2, 0) is 4.79 Å². The third-order valence-electron chi connectivity index (χ3n) is 3.52. The van der Waals surface area contributed by atoms with Crippen LogP contribution in [-0.4, -0.2) is 33.2 Å². The molecule has 0 atom stereocenters. The van der Waals surface area contributed by atoms with E-state index in [4.69, 9.17) is 4.74 Å². The highest BCUT2D eigenvalue weighted by Gasteiger charge is 2.37. The van der Waals surface area contributed by atoms with Crippen molar-refractivity contribution in [3.05, 3.63) is 24.3 Å². The first-order chi connectivity index (χ1) is 9.97. The SMILES string of the molecule is O=C(COc1ccccc1[P+](O)(O)O)NC1CCCCC1. The van der Waals surface area contributed by atoms with Gasteiger partial charge in [-0.3, -0.25) is 4.79 Å². The summed E-state index contributed by atoms with van der Waals surface area (Å²) in [5.41, 5.74) is 0. The summed E-state index contributed by atoms with van der Waals surface area (Å²) in [5.74, 6) is -0.133. The van der Waals surface area contributed by atoms with Gasteiger partial charge in [0.1, 0.15) is 0 Å². The normalized spacial score (nSPS) is 16.5. The van der Waals surface area contributed by atoms with Gasteiger partial charge in [0.05, 0.1) is 0 Å². The number of carbonyl (C=O) groups is 1. The van der Waals surface area contributed by atoms with E-state index in [1.54, 1.807) is 12.1 Å². The van der Waals surface area contributed by atoms with Gasteiger partial charge >= 0.3 is 7.94 Å². The maximum Gasteiger partial charge on any atom is 0.444 e. The highest BCUT2D eigenvalue weighted by atomic mass is 31.2. The van der Waals surface area contributed by atoms with Crippen molar-refractivity contribution >= 4 is 19.2 Å². The molecule has 0 saturated heterocycles. The topological polar surface area (TPSA) is 99.0 Å². The fourth-order valence-electron chi connectivity index (χ4n) is 2.49. The van der Waals surface area contributed by atoms with Gasteiger partial charge < -0.3 is 10.1 Å². The lowest BCUT2D eigenvalue weighted by atomic mass is 9.95. The Morgan fingerprint density at radius 1 is 1.19 bits per heavy atom. The molecule has 0 bridgehead atoms. The van der Waals surface area contributed by atoms with E-state index in [9.17, 15) is 19.5 Å². The summed E-state index contributed by atoms with van der Waals surface area (Å²) < 4.78 is 5.30. The molecule has 0 radical (unpaired) electrons. The number of hydrogen-bond donors (Lipinski definition) is 4. The first kappa shape index (κ1) is 16.2. The van der Waals surface area contributed by atoms with E-state index in [1.807, 2.05) is 0 Å². The molecule has 1 aliphatic carbocycles. The Morgan fingerprint density at radius 3 is 2.52 bits per heavy atom. The summed E-state index contributed by atoms with van der Waals surface area (Å²) in [4.78, 5) is 39.8. The van der Waals surface area contributed by atoms with Gasteiger partial charge in [-0.05, 0) is 25.0 Å². The second-order valence-corrected chi connectivity index (χ2v) is 6.85. The molecule has 1 aromatic carbocycles. The molecule has 0 aliphatic heterocycles. The van der Waals surface area contributed by atoms with Gasteiger partial charge in [-0.15, -0.1) is 0 Å². The molecule has 1 fully saturated rings. The summed E-state index contributed by atoms with van der Waals surface area (Å²) in [6.45, 7) is -0.215. The molecule has 1 aromatic rings. The zero-order valence-electron chi connectivity index (χ0n) is 11.7. The minimum absolute atomic E-state index is 0.0875. The largest absolute Gasteiger partial charge is 0.479 e. The van der Waals surface area contributed by atoms with Crippen LogP contribution in [0.3, 0.4) is 0 Å². The zero-order valence-corrected chi connectivity index (χ0v) is 12.6. The number of ether oxygens (including phenoxy) is 1. The summed E-state index contributed by atoms with van der Waals surface area (Å²) in [5, 5.41) is 2.82. The van der Waals surface area contributed by atoms with Crippen LogP contribution in [0.2, 0.25) is 0 Å². The van der Waals surface area contributed by atoms with E-state index in [2.05, 4.69) is 5.32 Å². The first-order valence-electron chi connectivity index (χ1n) is 7.06. The second-order valence-electron chi connectivity index (χ2n) is 5.23. The van der Waals surface area contributed by atoms with Gasteiger partial charge in [-0.25, -0.2) is 0 Å². The minimum atomic E-state index is -4.16. The predicted octanol–water partition coefficient (Wildman–Crippen LogP) is 0.879. The average molecular weight is 314 g/mol. The molecule has 0 unspecified atom stereocenters. The lowest BCUT2D eigenvalue weighted by molar-refractivity contribution is -0.124. The van der Waals surface area contributed by atoms with Gasteiger partial charge in [0.2, 0.25) is 5.30 Å². The van der Waals surface area contributed by atoms with Crippen molar-refractivity contribution in [1.29, 1.82) is 0 Å². The number of para-hydroxylation sites is 1. The third kappa shape index (κ3) is 4.93. The van der Waals surface area contributed by atoms with Crippen molar-refractivity contribution in [1.82, 2.24) is 5.32 Å². The van der Waals surface area contributed by atoms with Gasteiger partial charge in [0.25, 0.3) is 5.91 Å². The lowest BCUT2D eigenvalue weighted by Gasteiger charge is -2.22. The molecule has 2 rings (SSSR count). The summed E-state index contributed by atoms with van der Waals surface area (Å²) in [6, 6.07) is 6.24. The highest BCUT2D eigenvalue weighted by Crippen LogP contribution is 2.45. The fourth-order valence-corrected chi connectivity index (χ4v) is 3.21. The van der Waals surface area contributed by atoms with Crippen LogP contribution in [0.5, 0.6) is 5.75 Å². The van der Waals surface area contributed by atoms with Crippen LogP contribution >= 0.6 is 7.94 Å². The Kier molecular flexibility index (Phi) is 5.53. The lowest BCUT2D eigenvalue weighted by Crippen LogP contribution is -2.39. The molecule has 4 N–H and O–H groups in total. The highest BCUT2D eigenvalue weighted by molar-refractivity contribution is 7.67. The minimum Gasteiger partial charge on any atom is -0.479 e. The van der Waals surface area contributed by atoms with Gasteiger partial charge in [-0.2, -0.15) is 14.7 Å². The maximum atomic E-state index is 11.8. The molecule has 0 aromatic heterocycles. The van der Waals surface area contributed by atoms with E-state index in [0.717, 1.165) is 25.7 Å². The van der Waals surface area contributed by atoms with Crippen LogP contribution in [0, 0.1) is 0 Å². The molecule has 116 valence electrons. The monoisotopic (exact) mass is 314 g/mol. The second kappa shape index (κ2) is 7.18. The zero-order chi connectivity index (χ0) is 15.3. The first-order valence-corrected chi connectivity index (χ1v) is 8.70. The summed E-state index contributed by atoms with van der Waals surface area (Å²) in [7, 11) is -4.16. The van der Waals surface area contributed by atoms with Crippen LogP contribution < -0.4 is 15.4 Å². The van der Waals surface area contributed by atoms with Gasteiger partial charge in [0.15, 0.2) is 12.4 Å². The number of hydrogen-bond acceptors (Lipinski definition) is 5. The Bertz CT molecular complexity index is 482. The quantitative estimate of drug-likeness (QED) is 0.605. The molecule has 1 aliphatic rings. The van der Waals surface area contributed by atoms with Crippen molar-refractivity contribution in [2.45, 2.75) is 38.1 Å². The molecule has 0 spiro atoms. The van der Waals surface area contributed by atoms with Gasteiger partial charge in [-0.1, -0.05) is 31.4 Å². The van der Waals surface area contributed by atoms with Crippen LogP contribution in [0.4, 0.5) is 0 Å². The summed E-state index contributed by atoms with van der Waals surface area (Å²) in [6.07, 6.45) is 5.44. The molecule has 7 heteroatoms. The number of rotatable bonds is 5. The molecule has 21 heavy (non-hydrogen) atoms. The van der Waals surface area contributed by atoms with Crippen molar-refractivity contribution in [2.24, 2.45) is 0 Å². The predicted molar refractivity (Wildman–Crippen MR) is 80.2 cm³/mol. The molecule has 6 nitrogen and oxygen atoms in total. The number of benzene rings is 1. The van der Waals surface area contributed by atoms with E-state index < -0.39 is 7.94 Å². The van der Waals surface area contributed by atoms with E-state index in [-0.39, 0.29) is 29.6 Å². The number of nitrogens with one attached hydrogen (secondary N) is 1. The van der Waals surface area contributed by atoms with E-state index >= 15 is 0 Å².